The van der Waals surface area contributed by atoms with E-state index in [-0.39, 0.29) is 0 Å². The van der Waals surface area contributed by atoms with Gasteiger partial charge in [-0.25, -0.2) is 0 Å². The van der Waals surface area contributed by atoms with Gasteiger partial charge < -0.3 is 11.5 Å². The third-order valence-electron chi connectivity index (χ3n) is 11.1. The Morgan fingerprint density at radius 3 is 2.15 bits per heavy atom. The Kier molecular flexibility index (Phi) is 11.6. The topological polar surface area (TPSA) is 52.0 Å². The summed E-state index contributed by atoms with van der Waals surface area (Å²) in [4.78, 5) is 0. The summed E-state index contributed by atoms with van der Waals surface area (Å²) in [6, 6.07) is 16.8. The Morgan fingerprint density at radius 1 is 0.683 bits per heavy atom. The average molecular weight is 555 g/mol. The Balaban J connectivity index is 0.000000423. The molecule has 4 N–H and O–H groups in total. The van der Waals surface area contributed by atoms with E-state index >= 15 is 0 Å². The summed E-state index contributed by atoms with van der Waals surface area (Å²) >= 11 is 0. The van der Waals surface area contributed by atoms with E-state index in [0.717, 1.165) is 25.4 Å². The van der Waals surface area contributed by atoms with Crippen molar-refractivity contribution in [2.45, 2.75) is 127 Å². The highest BCUT2D eigenvalue weighted by atomic mass is 14.5. The van der Waals surface area contributed by atoms with E-state index in [9.17, 15) is 0 Å². The van der Waals surface area contributed by atoms with E-state index in [1.165, 1.54) is 137 Å². The number of fused-ring (bicyclic) bond motifs is 2. The van der Waals surface area contributed by atoms with E-state index in [4.69, 9.17) is 18.0 Å². The van der Waals surface area contributed by atoms with Crippen LogP contribution in [0.5, 0.6) is 0 Å². The number of hydrogen-bond acceptors (Lipinski definition) is 2. The first kappa shape index (κ1) is 30.6. The molecule has 5 unspecified atom stereocenters. The van der Waals surface area contributed by atoms with Gasteiger partial charge in [0.2, 0.25) is 0 Å². The summed E-state index contributed by atoms with van der Waals surface area (Å²) in [5, 5.41) is 0. The van der Waals surface area contributed by atoms with Crippen LogP contribution in [0.25, 0.3) is 5.57 Å². The maximum atomic E-state index is 5.89. The Labute approximate surface area is 251 Å². The van der Waals surface area contributed by atoms with Crippen molar-refractivity contribution < 1.29 is 0 Å². The van der Waals surface area contributed by atoms with Crippen LogP contribution in [-0.2, 0) is 12.8 Å². The molecule has 3 saturated carbocycles. The van der Waals surface area contributed by atoms with Crippen molar-refractivity contribution in [2.24, 2.45) is 29.2 Å². The molecule has 0 saturated heterocycles. The lowest BCUT2D eigenvalue weighted by molar-refractivity contribution is 0.240. The first-order valence-corrected chi connectivity index (χ1v) is 17.5. The highest BCUT2D eigenvalue weighted by molar-refractivity contribution is 5.70. The van der Waals surface area contributed by atoms with Crippen LogP contribution in [0.4, 0.5) is 0 Å². The molecular formula is C39H58N2. The predicted molar refractivity (Wildman–Crippen MR) is 177 cm³/mol. The Hall–Kier alpha value is -1.90. The van der Waals surface area contributed by atoms with Gasteiger partial charge in [0.1, 0.15) is 0 Å². The molecule has 0 aromatic heterocycles. The quantitative estimate of drug-likeness (QED) is 0.349. The standard InChI is InChI=1S/C32H44N2.C7H14/c1-22-29-9-4-10-30(28-8-3-6-24(20-28)16-18-34)31(29)14-13-25-11-12-27(21-32(22)25)26-7-2-5-23(19-26)15-17-33;1-2-4-6-7-5-3-1/h3,6,8,11-12,20-21,23,26,29-31H,1-2,4-5,7,9-10,13-19,33-34H2;1-7H2. The van der Waals surface area contributed by atoms with Gasteiger partial charge in [-0.1, -0.05) is 113 Å². The SMILES string of the molecule is C1CCCCCC1.C=C1c2cc(C3CCCC(CCN)C3)ccc2CCC2C1CCCC2c1cccc(CCN)c1. The second kappa shape index (κ2) is 15.5. The number of allylic oxidation sites excluding steroid dienone is 1. The van der Waals surface area contributed by atoms with Crippen LogP contribution in [0.1, 0.15) is 142 Å². The van der Waals surface area contributed by atoms with Crippen molar-refractivity contribution in [3.8, 4) is 0 Å². The molecule has 224 valence electrons. The van der Waals surface area contributed by atoms with Gasteiger partial charge in [-0.05, 0) is 127 Å². The zero-order valence-electron chi connectivity index (χ0n) is 25.9. The lowest BCUT2D eigenvalue weighted by Crippen LogP contribution is -2.27. The molecule has 0 bridgehead atoms. The molecule has 2 nitrogen and oxygen atoms in total. The van der Waals surface area contributed by atoms with Crippen LogP contribution >= 0.6 is 0 Å². The molecule has 2 aromatic carbocycles. The van der Waals surface area contributed by atoms with Gasteiger partial charge >= 0.3 is 0 Å². The molecule has 2 aromatic rings. The molecule has 6 rings (SSSR count). The van der Waals surface area contributed by atoms with Crippen LogP contribution in [0.3, 0.4) is 0 Å². The second-order valence-electron chi connectivity index (χ2n) is 13.9. The summed E-state index contributed by atoms with van der Waals surface area (Å²) < 4.78 is 0. The summed E-state index contributed by atoms with van der Waals surface area (Å²) in [5.41, 5.74) is 20.7. The third-order valence-corrected chi connectivity index (χ3v) is 11.1. The smallest absolute Gasteiger partial charge is 0.00367 e. The van der Waals surface area contributed by atoms with E-state index < -0.39 is 0 Å². The van der Waals surface area contributed by atoms with E-state index in [1.54, 1.807) is 5.56 Å². The lowest BCUT2D eigenvalue weighted by Gasteiger charge is -2.39. The maximum absolute atomic E-state index is 5.89. The average Bonchev–Trinajstić information content (AvgIpc) is 3.40. The monoisotopic (exact) mass is 554 g/mol. The molecule has 0 radical (unpaired) electrons. The van der Waals surface area contributed by atoms with Gasteiger partial charge in [0.05, 0.1) is 0 Å². The summed E-state index contributed by atoms with van der Waals surface area (Å²) in [6.07, 6.45) is 24.4. The normalized spacial score (nSPS) is 28.3. The number of benzene rings is 2. The van der Waals surface area contributed by atoms with Crippen molar-refractivity contribution >= 4 is 5.57 Å². The lowest BCUT2D eigenvalue weighted by atomic mass is 9.66. The van der Waals surface area contributed by atoms with Gasteiger partial charge in [-0.2, -0.15) is 0 Å². The molecule has 2 heteroatoms. The molecule has 4 aliphatic rings. The van der Waals surface area contributed by atoms with Crippen LogP contribution in [0.2, 0.25) is 0 Å². The van der Waals surface area contributed by atoms with Gasteiger partial charge in [-0.3, -0.25) is 0 Å². The van der Waals surface area contributed by atoms with E-state index in [1.807, 2.05) is 0 Å². The minimum atomic E-state index is 0.616. The van der Waals surface area contributed by atoms with Gasteiger partial charge in [-0.15, -0.1) is 0 Å². The number of rotatable bonds is 6. The number of aryl methyl sites for hydroxylation is 1. The number of nitrogens with two attached hydrogens (primary N) is 2. The first-order valence-electron chi connectivity index (χ1n) is 17.5. The summed E-state index contributed by atoms with van der Waals surface area (Å²) in [6.45, 7) is 6.33. The Bertz CT molecular complexity index is 1080. The molecule has 0 spiro atoms. The van der Waals surface area contributed by atoms with E-state index in [2.05, 4.69) is 42.5 Å². The van der Waals surface area contributed by atoms with Crippen LogP contribution in [-0.4, -0.2) is 13.1 Å². The zero-order valence-corrected chi connectivity index (χ0v) is 25.9. The predicted octanol–water partition coefficient (Wildman–Crippen LogP) is 9.70. The minimum absolute atomic E-state index is 0.616. The largest absolute Gasteiger partial charge is 0.330 e. The van der Waals surface area contributed by atoms with Gasteiger partial charge in [0, 0.05) is 0 Å². The highest BCUT2D eigenvalue weighted by Crippen LogP contribution is 2.51. The van der Waals surface area contributed by atoms with Crippen LogP contribution < -0.4 is 11.5 Å². The fourth-order valence-corrected chi connectivity index (χ4v) is 8.88. The van der Waals surface area contributed by atoms with Crippen molar-refractivity contribution in [2.75, 3.05) is 13.1 Å². The van der Waals surface area contributed by atoms with Crippen molar-refractivity contribution in [3.63, 3.8) is 0 Å². The van der Waals surface area contributed by atoms with E-state index in [0.29, 0.717) is 23.7 Å². The van der Waals surface area contributed by atoms with Crippen molar-refractivity contribution in [1.29, 1.82) is 0 Å². The number of hydrogen-bond donors (Lipinski definition) is 2. The van der Waals surface area contributed by atoms with Gasteiger partial charge in [0.25, 0.3) is 0 Å². The van der Waals surface area contributed by atoms with Crippen LogP contribution in [0.15, 0.2) is 49.0 Å². The highest BCUT2D eigenvalue weighted by Gasteiger charge is 2.38. The molecule has 5 atom stereocenters. The van der Waals surface area contributed by atoms with Crippen molar-refractivity contribution in [1.82, 2.24) is 0 Å². The molecule has 0 heterocycles. The molecule has 0 amide bonds. The minimum Gasteiger partial charge on any atom is -0.330 e. The second-order valence-corrected chi connectivity index (χ2v) is 13.9. The molecule has 3 fully saturated rings. The maximum Gasteiger partial charge on any atom is -0.00367 e. The molecule has 4 aliphatic carbocycles. The molecular weight excluding hydrogens is 496 g/mol. The third kappa shape index (κ3) is 7.94. The summed E-state index contributed by atoms with van der Waals surface area (Å²) in [7, 11) is 0. The first-order chi connectivity index (χ1) is 20.2. The Morgan fingerprint density at radius 2 is 1.41 bits per heavy atom. The van der Waals surface area contributed by atoms with Crippen molar-refractivity contribution in [3.05, 3.63) is 76.9 Å². The zero-order chi connectivity index (χ0) is 28.4. The molecule has 41 heavy (non-hydrogen) atoms. The molecule has 0 aliphatic heterocycles. The fraction of sp³-hybridized carbons (Fsp3) is 0.641. The van der Waals surface area contributed by atoms with Gasteiger partial charge in [0.15, 0.2) is 0 Å². The fourth-order valence-electron chi connectivity index (χ4n) is 8.88. The van der Waals surface area contributed by atoms with Crippen LogP contribution in [0, 0.1) is 17.8 Å². The summed E-state index contributed by atoms with van der Waals surface area (Å²) in [5.74, 6) is 3.48.